The van der Waals surface area contributed by atoms with Crippen LogP contribution in [-0.4, -0.2) is 16.7 Å². The Balaban J connectivity index is 1.34. The SMILES string of the molecule is CCOc1ccc(NC(=S)Nc2ccc(Cc3nc4ccccc4s3)cc2)cc1. The van der Waals surface area contributed by atoms with Crippen molar-refractivity contribution < 1.29 is 4.74 Å². The van der Waals surface area contributed by atoms with E-state index >= 15 is 0 Å². The molecule has 4 aromatic rings. The summed E-state index contributed by atoms with van der Waals surface area (Å²) in [6.07, 6.45) is 0.828. The lowest BCUT2D eigenvalue weighted by Crippen LogP contribution is -2.18. The molecule has 4 nitrogen and oxygen atoms in total. The maximum atomic E-state index is 5.45. The van der Waals surface area contributed by atoms with Gasteiger partial charge in [0.25, 0.3) is 0 Å². The molecule has 1 aromatic heterocycles. The number of hydrogen-bond donors (Lipinski definition) is 2. The van der Waals surface area contributed by atoms with E-state index in [-0.39, 0.29) is 0 Å². The predicted octanol–water partition coefficient (Wildman–Crippen LogP) is 6.09. The minimum absolute atomic E-state index is 0.549. The normalized spacial score (nSPS) is 10.7. The van der Waals surface area contributed by atoms with Gasteiger partial charge in [0.1, 0.15) is 5.75 Å². The highest BCUT2D eigenvalue weighted by atomic mass is 32.1. The second kappa shape index (κ2) is 9.03. The van der Waals surface area contributed by atoms with Crippen molar-refractivity contribution in [1.82, 2.24) is 4.98 Å². The Bertz CT molecular complexity index is 1070. The summed E-state index contributed by atoms with van der Waals surface area (Å²) in [5, 5.41) is 8.08. The smallest absolute Gasteiger partial charge is 0.175 e. The maximum Gasteiger partial charge on any atom is 0.175 e. The van der Waals surface area contributed by atoms with Crippen LogP contribution in [0.3, 0.4) is 0 Å². The summed E-state index contributed by atoms with van der Waals surface area (Å²) in [7, 11) is 0. The Morgan fingerprint density at radius 1 is 0.931 bits per heavy atom. The first-order valence-electron chi connectivity index (χ1n) is 9.44. The third kappa shape index (κ3) is 5.10. The number of aromatic nitrogens is 1. The number of fused-ring (bicyclic) bond motifs is 1. The van der Waals surface area contributed by atoms with Gasteiger partial charge in [-0.15, -0.1) is 11.3 Å². The first-order valence-corrected chi connectivity index (χ1v) is 10.7. The first kappa shape index (κ1) is 19.4. The Labute approximate surface area is 179 Å². The minimum Gasteiger partial charge on any atom is -0.494 e. The van der Waals surface area contributed by atoms with Crippen LogP contribution in [0.4, 0.5) is 11.4 Å². The Kier molecular flexibility index (Phi) is 6.03. The third-order valence-electron chi connectivity index (χ3n) is 4.33. The summed E-state index contributed by atoms with van der Waals surface area (Å²) in [4.78, 5) is 4.71. The van der Waals surface area contributed by atoms with Gasteiger partial charge in [-0.05, 0) is 73.2 Å². The van der Waals surface area contributed by atoms with Crippen LogP contribution in [0.25, 0.3) is 10.2 Å². The molecule has 0 unspecified atom stereocenters. The molecule has 2 N–H and O–H groups in total. The summed E-state index contributed by atoms with van der Waals surface area (Å²) in [6, 6.07) is 24.3. The minimum atomic E-state index is 0.549. The van der Waals surface area contributed by atoms with Crippen molar-refractivity contribution in [3.8, 4) is 5.75 Å². The molecule has 0 aliphatic rings. The second-order valence-corrected chi connectivity index (χ2v) is 8.01. The monoisotopic (exact) mass is 419 g/mol. The summed E-state index contributed by atoms with van der Waals surface area (Å²) in [5.74, 6) is 0.848. The molecule has 0 spiro atoms. The number of rotatable bonds is 6. The molecule has 0 aliphatic heterocycles. The van der Waals surface area contributed by atoms with Gasteiger partial charge in [-0.1, -0.05) is 24.3 Å². The van der Waals surface area contributed by atoms with E-state index in [4.69, 9.17) is 21.9 Å². The van der Waals surface area contributed by atoms with Crippen molar-refractivity contribution in [1.29, 1.82) is 0 Å². The molecule has 4 rings (SSSR count). The molecule has 1 heterocycles. The van der Waals surface area contributed by atoms with E-state index in [1.165, 1.54) is 10.3 Å². The van der Waals surface area contributed by atoms with E-state index < -0.39 is 0 Å². The highest BCUT2D eigenvalue weighted by molar-refractivity contribution is 7.80. The molecule has 0 saturated carbocycles. The van der Waals surface area contributed by atoms with Gasteiger partial charge in [-0.25, -0.2) is 4.98 Å². The van der Waals surface area contributed by atoms with Gasteiger partial charge in [0, 0.05) is 17.8 Å². The van der Waals surface area contributed by atoms with E-state index in [0.29, 0.717) is 11.7 Å². The lowest BCUT2D eigenvalue weighted by atomic mass is 10.1. The van der Waals surface area contributed by atoms with Gasteiger partial charge in [0.2, 0.25) is 0 Å². The van der Waals surface area contributed by atoms with Crippen LogP contribution in [0.2, 0.25) is 0 Å². The largest absolute Gasteiger partial charge is 0.494 e. The second-order valence-electron chi connectivity index (χ2n) is 6.49. The molecule has 0 radical (unpaired) electrons. The van der Waals surface area contributed by atoms with Crippen molar-refractivity contribution in [3.05, 3.63) is 83.4 Å². The van der Waals surface area contributed by atoms with Crippen LogP contribution in [0.1, 0.15) is 17.5 Å². The van der Waals surface area contributed by atoms with E-state index in [2.05, 4.69) is 41.0 Å². The van der Waals surface area contributed by atoms with E-state index in [1.54, 1.807) is 11.3 Å². The highest BCUT2D eigenvalue weighted by Gasteiger charge is 2.05. The number of anilines is 2. The number of nitrogens with one attached hydrogen (secondary N) is 2. The van der Waals surface area contributed by atoms with Gasteiger partial charge in [-0.3, -0.25) is 0 Å². The average Bonchev–Trinajstić information content (AvgIpc) is 3.13. The number of benzene rings is 3. The van der Waals surface area contributed by atoms with E-state index in [1.807, 2.05) is 49.4 Å². The summed E-state index contributed by atoms with van der Waals surface area (Å²) < 4.78 is 6.68. The number of hydrogen-bond acceptors (Lipinski definition) is 4. The number of thiazole rings is 1. The molecule has 0 saturated heterocycles. The number of ether oxygens (including phenoxy) is 1. The van der Waals surface area contributed by atoms with E-state index in [0.717, 1.165) is 34.1 Å². The van der Waals surface area contributed by atoms with Crippen molar-refractivity contribution in [2.75, 3.05) is 17.2 Å². The molecule has 0 fully saturated rings. The van der Waals surface area contributed by atoms with Crippen LogP contribution in [0.5, 0.6) is 5.75 Å². The van der Waals surface area contributed by atoms with E-state index in [9.17, 15) is 0 Å². The fraction of sp³-hybridized carbons (Fsp3) is 0.130. The molecule has 3 aromatic carbocycles. The standard InChI is InChI=1S/C23H21N3OS2/c1-2-27-19-13-11-18(12-14-19)25-23(28)24-17-9-7-16(8-10-17)15-22-26-20-5-3-4-6-21(20)29-22/h3-14H,2,15H2,1H3,(H2,24,25,28). The zero-order valence-electron chi connectivity index (χ0n) is 16.0. The number of nitrogens with zero attached hydrogens (tertiary/aromatic N) is 1. The van der Waals surface area contributed by atoms with Crippen LogP contribution in [0, 0.1) is 0 Å². The highest BCUT2D eigenvalue weighted by Crippen LogP contribution is 2.24. The molecule has 0 amide bonds. The van der Waals surface area contributed by atoms with Crippen LogP contribution in [-0.2, 0) is 6.42 Å². The van der Waals surface area contributed by atoms with Gasteiger partial charge in [-0.2, -0.15) is 0 Å². The molecule has 0 aliphatic carbocycles. The van der Waals surface area contributed by atoms with Crippen LogP contribution < -0.4 is 15.4 Å². The summed E-state index contributed by atoms with van der Waals surface area (Å²) in [5.41, 5.74) is 4.15. The fourth-order valence-corrected chi connectivity index (χ4v) is 4.21. The molecular weight excluding hydrogens is 398 g/mol. The van der Waals surface area contributed by atoms with Crippen LogP contribution >= 0.6 is 23.6 Å². The summed E-state index contributed by atoms with van der Waals surface area (Å²) >= 11 is 7.16. The van der Waals surface area contributed by atoms with Gasteiger partial charge >= 0.3 is 0 Å². The Morgan fingerprint density at radius 3 is 2.24 bits per heavy atom. The lowest BCUT2D eigenvalue weighted by molar-refractivity contribution is 0.340. The summed E-state index contributed by atoms with van der Waals surface area (Å²) in [6.45, 7) is 2.62. The zero-order valence-corrected chi connectivity index (χ0v) is 17.6. The predicted molar refractivity (Wildman–Crippen MR) is 126 cm³/mol. The van der Waals surface area contributed by atoms with Crippen molar-refractivity contribution in [2.45, 2.75) is 13.3 Å². The van der Waals surface area contributed by atoms with Gasteiger partial charge in [0.05, 0.1) is 21.8 Å². The molecule has 146 valence electrons. The lowest BCUT2D eigenvalue weighted by Gasteiger charge is -2.11. The molecule has 0 atom stereocenters. The van der Waals surface area contributed by atoms with Crippen molar-refractivity contribution in [3.63, 3.8) is 0 Å². The Morgan fingerprint density at radius 2 is 1.59 bits per heavy atom. The Hall–Kier alpha value is -2.96. The fourth-order valence-electron chi connectivity index (χ4n) is 2.97. The molecule has 29 heavy (non-hydrogen) atoms. The number of para-hydroxylation sites is 1. The average molecular weight is 420 g/mol. The topological polar surface area (TPSA) is 46.2 Å². The van der Waals surface area contributed by atoms with Gasteiger partial charge < -0.3 is 15.4 Å². The molecule has 6 heteroatoms. The molecule has 0 bridgehead atoms. The number of thiocarbonyl (C=S) groups is 1. The van der Waals surface area contributed by atoms with Gasteiger partial charge in [0.15, 0.2) is 5.11 Å². The van der Waals surface area contributed by atoms with Crippen molar-refractivity contribution >= 4 is 50.3 Å². The maximum absolute atomic E-state index is 5.45. The van der Waals surface area contributed by atoms with Crippen LogP contribution in [0.15, 0.2) is 72.8 Å². The third-order valence-corrected chi connectivity index (χ3v) is 5.57. The zero-order chi connectivity index (χ0) is 20.1. The quantitative estimate of drug-likeness (QED) is 0.370. The molecular formula is C23H21N3OS2. The van der Waals surface area contributed by atoms with Crippen molar-refractivity contribution in [2.24, 2.45) is 0 Å². The first-order chi connectivity index (χ1) is 14.2.